The van der Waals surface area contributed by atoms with Crippen LogP contribution in [0.4, 0.5) is 17.1 Å². The summed E-state index contributed by atoms with van der Waals surface area (Å²) < 4.78 is 11.1. The Hall–Kier alpha value is -4.13. The standard InChI is InChI=1S/C23H18N4O3/c28-23(27-17-6-7-20-21(12-17)30-10-9-29-20)16-11-18(14-24-13-16)26-19-5-1-3-15-4-2-8-25-22(15)19/h1-8,11-14,26H,9-10H2,(H,27,28). The molecule has 0 fully saturated rings. The number of amides is 1. The van der Waals surface area contributed by atoms with Crippen molar-refractivity contribution in [3.05, 3.63) is 78.8 Å². The number of benzene rings is 2. The lowest BCUT2D eigenvalue weighted by Crippen LogP contribution is -2.16. The first-order chi connectivity index (χ1) is 14.8. The summed E-state index contributed by atoms with van der Waals surface area (Å²) in [5.74, 6) is 1.03. The van der Waals surface area contributed by atoms with Crippen LogP contribution in [0.2, 0.25) is 0 Å². The van der Waals surface area contributed by atoms with Crippen molar-refractivity contribution in [2.45, 2.75) is 0 Å². The van der Waals surface area contributed by atoms with Crippen LogP contribution in [0, 0.1) is 0 Å². The first kappa shape index (κ1) is 17.9. The molecule has 5 rings (SSSR count). The smallest absolute Gasteiger partial charge is 0.257 e. The summed E-state index contributed by atoms with van der Waals surface area (Å²) in [7, 11) is 0. The molecule has 148 valence electrons. The van der Waals surface area contributed by atoms with Crippen LogP contribution in [0.1, 0.15) is 10.4 Å². The molecule has 4 aromatic rings. The molecule has 1 amide bonds. The number of rotatable bonds is 4. The van der Waals surface area contributed by atoms with E-state index < -0.39 is 0 Å². The number of hydrogen-bond donors (Lipinski definition) is 2. The zero-order valence-electron chi connectivity index (χ0n) is 16.0. The third-order valence-electron chi connectivity index (χ3n) is 4.71. The van der Waals surface area contributed by atoms with E-state index in [4.69, 9.17) is 9.47 Å². The summed E-state index contributed by atoms with van der Waals surface area (Å²) in [5, 5.41) is 7.21. The fourth-order valence-electron chi connectivity index (χ4n) is 3.32. The molecule has 0 aliphatic carbocycles. The van der Waals surface area contributed by atoms with Crippen molar-refractivity contribution in [2.24, 2.45) is 0 Å². The van der Waals surface area contributed by atoms with Crippen LogP contribution in [-0.2, 0) is 0 Å². The molecule has 0 saturated carbocycles. The highest BCUT2D eigenvalue weighted by Crippen LogP contribution is 2.32. The van der Waals surface area contributed by atoms with Gasteiger partial charge in [-0.05, 0) is 30.3 Å². The Morgan fingerprint density at radius 3 is 2.70 bits per heavy atom. The molecule has 0 radical (unpaired) electrons. The van der Waals surface area contributed by atoms with Crippen molar-refractivity contribution < 1.29 is 14.3 Å². The number of carbonyl (C=O) groups is 1. The number of para-hydroxylation sites is 1. The van der Waals surface area contributed by atoms with Gasteiger partial charge < -0.3 is 20.1 Å². The van der Waals surface area contributed by atoms with Crippen molar-refractivity contribution in [3.63, 3.8) is 0 Å². The third kappa shape index (κ3) is 3.60. The largest absolute Gasteiger partial charge is 0.486 e. The maximum Gasteiger partial charge on any atom is 0.257 e. The van der Waals surface area contributed by atoms with Crippen LogP contribution in [0.3, 0.4) is 0 Å². The Morgan fingerprint density at radius 2 is 1.77 bits per heavy atom. The van der Waals surface area contributed by atoms with Gasteiger partial charge in [-0.3, -0.25) is 14.8 Å². The average molecular weight is 398 g/mol. The van der Waals surface area contributed by atoms with Gasteiger partial charge in [0.1, 0.15) is 13.2 Å². The Kier molecular flexibility index (Phi) is 4.61. The van der Waals surface area contributed by atoms with Crippen LogP contribution < -0.4 is 20.1 Å². The van der Waals surface area contributed by atoms with Gasteiger partial charge in [0.05, 0.1) is 28.7 Å². The highest BCUT2D eigenvalue weighted by Gasteiger charge is 2.14. The number of ether oxygens (including phenoxy) is 2. The van der Waals surface area contributed by atoms with Gasteiger partial charge in [0, 0.05) is 29.5 Å². The van der Waals surface area contributed by atoms with Gasteiger partial charge in [-0.15, -0.1) is 0 Å². The molecule has 2 aromatic heterocycles. The second-order valence-corrected chi connectivity index (χ2v) is 6.78. The molecule has 2 aromatic carbocycles. The van der Waals surface area contributed by atoms with Crippen molar-refractivity contribution in [2.75, 3.05) is 23.8 Å². The van der Waals surface area contributed by atoms with E-state index in [0.717, 1.165) is 16.6 Å². The second-order valence-electron chi connectivity index (χ2n) is 6.78. The van der Waals surface area contributed by atoms with Crippen molar-refractivity contribution in [1.82, 2.24) is 9.97 Å². The number of nitrogens with zero attached hydrogens (tertiary/aromatic N) is 2. The molecule has 7 heteroatoms. The maximum atomic E-state index is 12.7. The minimum Gasteiger partial charge on any atom is -0.486 e. The molecular formula is C23H18N4O3. The average Bonchev–Trinajstić information content (AvgIpc) is 2.79. The van der Waals surface area contributed by atoms with Crippen molar-refractivity contribution in [1.29, 1.82) is 0 Å². The lowest BCUT2D eigenvalue weighted by atomic mass is 10.2. The van der Waals surface area contributed by atoms with Crippen LogP contribution in [0.5, 0.6) is 11.5 Å². The van der Waals surface area contributed by atoms with Crippen LogP contribution in [0.25, 0.3) is 10.9 Å². The Bertz CT molecular complexity index is 1240. The minimum atomic E-state index is -0.265. The zero-order chi connectivity index (χ0) is 20.3. The molecule has 1 aliphatic heterocycles. The minimum absolute atomic E-state index is 0.265. The normalized spacial score (nSPS) is 12.4. The maximum absolute atomic E-state index is 12.7. The van der Waals surface area contributed by atoms with Crippen molar-refractivity contribution >= 4 is 33.9 Å². The van der Waals surface area contributed by atoms with Gasteiger partial charge in [-0.1, -0.05) is 18.2 Å². The van der Waals surface area contributed by atoms with Gasteiger partial charge >= 0.3 is 0 Å². The van der Waals surface area contributed by atoms with Gasteiger partial charge in [-0.25, -0.2) is 0 Å². The predicted molar refractivity (Wildman–Crippen MR) is 115 cm³/mol. The molecule has 0 saturated heterocycles. The zero-order valence-corrected chi connectivity index (χ0v) is 16.0. The number of anilines is 3. The molecule has 0 spiro atoms. The van der Waals surface area contributed by atoms with E-state index in [1.807, 2.05) is 30.3 Å². The molecule has 0 bridgehead atoms. The Morgan fingerprint density at radius 1 is 0.900 bits per heavy atom. The van der Waals surface area contributed by atoms with E-state index in [2.05, 4.69) is 20.6 Å². The monoisotopic (exact) mass is 398 g/mol. The van der Waals surface area contributed by atoms with Crippen LogP contribution in [0.15, 0.2) is 73.2 Å². The highest BCUT2D eigenvalue weighted by molar-refractivity contribution is 6.05. The number of aromatic nitrogens is 2. The van der Waals surface area contributed by atoms with E-state index in [-0.39, 0.29) is 5.91 Å². The third-order valence-corrected chi connectivity index (χ3v) is 4.71. The quantitative estimate of drug-likeness (QED) is 0.530. The first-order valence-electron chi connectivity index (χ1n) is 9.53. The van der Waals surface area contributed by atoms with Crippen molar-refractivity contribution in [3.8, 4) is 11.5 Å². The SMILES string of the molecule is O=C(Nc1ccc2c(c1)OCCO2)c1cncc(Nc2cccc3cccnc23)c1. The first-order valence-corrected chi connectivity index (χ1v) is 9.53. The number of nitrogens with one attached hydrogen (secondary N) is 2. The van der Waals surface area contributed by atoms with E-state index >= 15 is 0 Å². The number of fused-ring (bicyclic) bond motifs is 2. The molecule has 30 heavy (non-hydrogen) atoms. The second kappa shape index (κ2) is 7.71. The molecule has 2 N–H and O–H groups in total. The Balaban J connectivity index is 1.36. The van der Waals surface area contributed by atoms with Gasteiger partial charge in [0.2, 0.25) is 0 Å². The summed E-state index contributed by atoms with van der Waals surface area (Å²) in [4.78, 5) is 21.4. The molecular weight excluding hydrogens is 380 g/mol. The van der Waals surface area contributed by atoms with E-state index in [1.165, 1.54) is 6.20 Å². The molecule has 0 atom stereocenters. The van der Waals surface area contributed by atoms with Crippen LogP contribution >= 0.6 is 0 Å². The molecule has 3 heterocycles. The van der Waals surface area contributed by atoms with Gasteiger partial charge in [0.25, 0.3) is 5.91 Å². The number of hydrogen-bond acceptors (Lipinski definition) is 6. The summed E-state index contributed by atoms with van der Waals surface area (Å²) in [6.07, 6.45) is 4.95. The van der Waals surface area contributed by atoms with Gasteiger partial charge in [-0.2, -0.15) is 0 Å². The lowest BCUT2D eigenvalue weighted by molar-refractivity contribution is 0.102. The molecule has 0 unspecified atom stereocenters. The van der Waals surface area contributed by atoms with E-state index in [0.29, 0.717) is 41.7 Å². The summed E-state index contributed by atoms with van der Waals surface area (Å²) in [6.45, 7) is 1.02. The summed E-state index contributed by atoms with van der Waals surface area (Å²) >= 11 is 0. The topological polar surface area (TPSA) is 85.4 Å². The number of pyridine rings is 2. The number of carbonyl (C=O) groups excluding carboxylic acids is 1. The predicted octanol–water partition coefficient (Wildman–Crippen LogP) is 4.40. The summed E-state index contributed by atoms with van der Waals surface area (Å²) in [5.41, 5.74) is 3.46. The lowest BCUT2D eigenvalue weighted by Gasteiger charge is -2.19. The van der Waals surface area contributed by atoms with E-state index in [1.54, 1.807) is 36.7 Å². The van der Waals surface area contributed by atoms with Gasteiger partial charge in [0.15, 0.2) is 11.5 Å². The fraction of sp³-hybridized carbons (Fsp3) is 0.0870. The molecule has 7 nitrogen and oxygen atoms in total. The fourth-order valence-corrected chi connectivity index (χ4v) is 3.32. The van der Waals surface area contributed by atoms with Crippen LogP contribution in [-0.4, -0.2) is 29.1 Å². The summed E-state index contributed by atoms with van der Waals surface area (Å²) in [6, 6.07) is 16.9. The van der Waals surface area contributed by atoms with E-state index in [9.17, 15) is 4.79 Å². The Labute approximate surface area is 172 Å². The molecule has 1 aliphatic rings. The highest BCUT2D eigenvalue weighted by atomic mass is 16.6.